The Bertz CT molecular complexity index is 786. The van der Waals surface area contributed by atoms with Gasteiger partial charge in [0.25, 0.3) is 0 Å². The van der Waals surface area contributed by atoms with E-state index in [1.807, 2.05) is 18.2 Å². The predicted octanol–water partition coefficient (Wildman–Crippen LogP) is 0.863. The standard InChI is InChI=1S/C19H25N7O/c1-2-21-18(24-14-15-5-3-6-16(13-15)17(20)27)25-9-11-26(12-10-25)19-22-7-4-8-23-19/h3-8,13H,2,9-12,14H2,1H3,(H2,20,27)(H,21,24). The molecule has 2 heterocycles. The third-order valence-electron chi connectivity index (χ3n) is 4.37. The number of aromatic nitrogens is 2. The number of carbonyl (C=O) groups is 1. The number of nitrogens with zero attached hydrogens (tertiary/aromatic N) is 5. The molecular formula is C19H25N7O. The Balaban J connectivity index is 1.64. The number of hydrogen-bond donors (Lipinski definition) is 2. The van der Waals surface area contributed by atoms with Crippen LogP contribution in [-0.2, 0) is 6.54 Å². The minimum absolute atomic E-state index is 0.424. The van der Waals surface area contributed by atoms with E-state index in [2.05, 4.69) is 32.0 Å². The Morgan fingerprint density at radius 2 is 1.93 bits per heavy atom. The summed E-state index contributed by atoms with van der Waals surface area (Å²) in [7, 11) is 0. The summed E-state index contributed by atoms with van der Waals surface area (Å²) >= 11 is 0. The first-order valence-electron chi connectivity index (χ1n) is 9.11. The molecule has 1 aliphatic heterocycles. The summed E-state index contributed by atoms with van der Waals surface area (Å²) < 4.78 is 0. The lowest BCUT2D eigenvalue weighted by atomic mass is 10.1. The summed E-state index contributed by atoms with van der Waals surface area (Å²) in [6, 6.07) is 9.11. The summed E-state index contributed by atoms with van der Waals surface area (Å²) in [6.07, 6.45) is 3.53. The fourth-order valence-corrected chi connectivity index (χ4v) is 2.99. The molecule has 142 valence electrons. The molecule has 0 aliphatic carbocycles. The highest BCUT2D eigenvalue weighted by atomic mass is 16.1. The lowest BCUT2D eigenvalue weighted by Gasteiger charge is -2.36. The van der Waals surface area contributed by atoms with Gasteiger partial charge in [0.1, 0.15) is 0 Å². The van der Waals surface area contributed by atoms with Crippen LogP contribution in [0.2, 0.25) is 0 Å². The normalized spacial score (nSPS) is 14.9. The summed E-state index contributed by atoms with van der Waals surface area (Å²) in [4.78, 5) is 29.1. The van der Waals surface area contributed by atoms with E-state index in [1.54, 1.807) is 24.5 Å². The fraction of sp³-hybridized carbons (Fsp3) is 0.368. The highest BCUT2D eigenvalue weighted by Gasteiger charge is 2.21. The van der Waals surface area contributed by atoms with Gasteiger partial charge in [-0.25, -0.2) is 15.0 Å². The van der Waals surface area contributed by atoms with Crippen LogP contribution in [0.5, 0.6) is 0 Å². The fourth-order valence-electron chi connectivity index (χ4n) is 2.99. The number of benzene rings is 1. The zero-order valence-corrected chi connectivity index (χ0v) is 15.5. The molecule has 3 N–H and O–H groups in total. The summed E-state index contributed by atoms with van der Waals surface area (Å²) in [5.41, 5.74) is 6.81. The molecule has 1 aromatic carbocycles. The molecule has 1 saturated heterocycles. The van der Waals surface area contributed by atoms with Crippen LogP contribution in [0.25, 0.3) is 0 Å². The maximum Gasteiger partial charge on any atom is 0.248 e. The van der Waals surface area contributed by atoms with Crippen molar-refractivity contribution in [1.82, 2.24) is 20.2 Å². The third kappa shape index (κ3) is 4.93. The third-order valence-corrected chi connectivity index (χ3v) is 4.37. The number of nitrogens with two attached hydrogens (primary N) is 1. The molecular weight excluding hydrogens is 342 g/mol. The zero-order chi connectivity index (χ0) is 19.1. The molecule has 0 bridgehead atoms. The summed E-state index contributed by atoms with van der Waals surface area (Å²) in [5, 5.41) is 3.35. The second-order valence-corrected chi connectivity index (χ2v) is 6.26. The van der Waals surface area contributed by atoms with E-state index in [1.165, 1.54) is 0 Å². The predicted molar refractivity (Wildman–Crippen MR) is 106 cm³/mol. The van der Waals surface area contributed by atoms with Gasteiger partial charge in [-0.2, -0.15) is 0 Å². The van der Waals surface area contributed by atoms with E-state index in [0.29, 0.717) is 12.1 Å². The number of guanidine groups is 1. The molecule has 0 unspecified atom stereocenters. The van der Waals surface area contributed by atoms with Gasteiger partial charge in [-0.1, -0.05) is 12.1 Å². The highest BCUT2D eigenvalue weighted by Crippen LogP contribution is 2.11. The van der Waals surface area contributed by atoms with E-state index in [4.69, 9.17) is 10.7 Å². The number of rotatable bonds is 5. The largest absolute Gasteiger partial charge is 0.366 e. The molecule has 2 aromatic rings. The maximum atomic E-state index is 11.3. The molecule has 1 fully saturated rings. The molecule has 0 atom stereocenters. The molecule has 8 nitrogen and oxygen atoms in total. The van der Waals surface area contributed by atoms with Crippen LogP contribution in [0.15, 0.2) is 47.7 Å². The second kappa shape index (κ2) is 8.98. The van der Waals surface area contributed by atoms with Gasteiger partial charge in [-0.15, -0.1) is 0 Å². The first-order chi connectivity index (χ1) is 13.2. The van der Waals surface area contributed by atoms with Crippen molar-refractivity contribution in [2.45, 2.75) is 13.5 Å². The second-order valence-electron chi connectivity index (χ2n) is 6.26. The van der Waals surface area contributed by atoms with Crippen molar-refractivity contribution >= 4 is 17.8 Å². The van der Waals surface area contributed by atoms with E-state index in [-0.39, 0.29) is 0 Å². The van der Waals surface area contributed by atoms with Crippen molar-refractivity contribution in [2.75, 3.05) is 37.6 Å². The minimum atomic E-state index is -0.424. The number of amides is 1. The Hall–Kier alpha value is -3.16. The first kappa shape index (κ1) is 18.6. The maximum absolute atomic E-state index is 11.3. The molecule has 8 heteroatoms. The summed E-state index contributed by atoms with van der Waals surface area (Å²) in [5.74, 6) is 1.21. The van der Waals surface area contributed by atoms with Gasteiger partial charge in [0, 0.05) is 50.7 Å². The van der Waals surface area contributed by atoms with E-state index < -0.39 is 5.91 Å². The van der Waals surface area contributed by atoms with E-state index >= 15 is 0 Å². The van der Waals surface area contributed by atoms with Gasteiger partial charge < -0.3 is 20.9 Å². The van der Waals surface area contributed by atoms with Gasteiger partial charge in [0.05, 0.1) is 6.54 Å². The van der Waals surface area contributed by atoms with Crippen LogP contribution in [0, 0.1) is 0 Å². The van der Waals surface area contributed by atoms with Crippen molar-refractivity contribution < 1.29 is 4.79 Å². The molecule has 0 saturated carbocycles. The smallest absolute Gasteiger partial charge is 0.248 e. The molecule has 27 heavy (non-hydrogen) atoms. The lowest BCUT2D eigenvalue weighted by Crippen LogP contribution is -2.52. The number of primary amides is 1. The summed E-state index contributed by atoms with van der Waals surface area (Å²) in [6.45, 7) is 6.69. The monoisotopic (exact) mass is 367 g/mol. The first-order valence-corrected chi connectivity index (χ1v) is 9.11. The van der Waals surface area contributed by atoms with Crippen molar-refractivity contribution in [3.05, 3.63) is 53.9 Å². The minimum Gasteiger partial charge on any atom is -0.366 e. The van der Waals surface area contributed by atoms with Crippen LogP contribution in [0.3, 0.4) is 0 Å². The molecule has 0 spiro atoms. The van der Waals surface area contributed by atoms with Gasteiger partial charge in [-0.05, 0) is 30.7 Å². The number of piperazine rings is 1. The quantitative estimate of drug-likeness (QED) is 0.601. The topological polar surface area (TPSA) is 99.7 Å². The van der Waals surface area contributed by atoms with Crippen molar-refractivity contribution in [2.24, 2.45) is 10.7 Å². The Morgan fingerprint density at radius 1 is 1.19 bits per heavy atom. The lowest BCUT2D eigenvalue weighted by molar-refractivity contribution is 0.1000. The molecule has 1 amide bonds. The average Bonchev–Trinajstić information content (AvgIpc) is 2.72. The van der Waals surface area contributed by atoms with Crippen LogP contribution >= 0.6 is 0 Å². The molecule has 1 aliphatic rings. The number of hydrogen-bond acceptors (Lipinski definition) is 5. The Morgan fingerprint density at radius 3 is 2.59 bits per heavy atom. The van der Waals surface area contributed by atoms with E-state index in [9.17, 15) is 4.79 Å². The van der Waals surface area contributed by atoms with Gasteiger partial charge in [0.15, 0.2) is 5.96 Å². The number of aliphatic imine (C=N–C) groups is 1. The number of nitrogens with one attached hydrogen (secondary N) is 1. The van der Waals surface area contributed by atoms with Crippen LogP contribution in [0.1, 0.15) is 22.8 Å². The van der Waals surface area contributed by atoms with Crippen LogP contribution < -0.4 is 16.0 Å². The molecule has 1 aromatic heterocycles. The average molecular weight is 367 g/mol. The Kier molecular flexibility index (Phi) is 6.19. The van der Waals surface area contributed by atoms with Gasteiger partial charge in [-0.3, -0.25) is 4.79 Å². The Labute approximate surface area is 159 Å². The van der Waals surface area contributed by atoms with E-state index in [0.717, 1.165) is 50.2 Å². The molecule has 0 radical (unpaired) electrons. The van der Waals surface area contributed by atoms with Crippen molar-refractivity contribution in [3.63, 3.8) is 0 Å². The van der Waals surface area contributed by atoms with Crippen molar-refractivity contribution in [3.8, 4) is 0 Å². The zero-order valence-electron chi connectivity index (χ0n) is 15.5. The van der Waals surface area contributed by atoms with Crippen LogP contribution in [0.4, 0.5) is 5.95 Å². The number of carbonyl (C=O) groups excluding carboxylic acids is 1. The highest BCUT2D eigenvalue weighted by molar-refractivity contribution is 5.92. The van der Waals surface area contributed by atoms with Gasteiger partial charge >= 0.3 is 0 Å². The SMILES string of the molecule is CCNC(=NCc1cccc(C(N)=O)c1)N1CCN(c2ncccn2)CC1. The van der Waals surface area contributed by atoms with Crippen molar-refractivity contribution in [1.29, 1.82) is 0 Å². The number of anilines is 1. The van der Waals surface area contributed by atoms with Gasteiger partial charge in [0.2, 0.25) is 11.9 Å². The molecule has 3 rings (SSSR count). The van der Waals surface area contributed by atoms with Crippen LogP contribution in [-0.4, -0.2) is 59.5 Å².